The van der Waals surface area contributed by atoms with Crippen molar-refractivity contribution in [2.24, 2.45) is 5.41 Å². The number of hydrogen-bond donors (Lipinski definition) is 1. The maximum absolute atomic E-state index is 12.1. The monoisotopic (exact) mass is 296 g/mol. The first-order valence-corrected chi connectivity index (χ1v) is 8.26. The van der Waals surface area contributed by atoms with Gasteiger partial charge >= 0.3 is 0 Å². The van der Waals surface area contributed by atoms with E-state index in [1.165, 1.54) is 4.31 Å². The van der Waals surface area contributed by atoms with Crippen molar-refractivity contribution in [3.63, 3.8) is 0 Å². The Kier molecular flexibility index (Phi) is 5.43. The molecule has 0 bridgehead atoms. The molecule has 5 nitrogen and oxygen atoms in total. The lowest BCUT2D eigenvalue weighted by molar-refractivity contribution is -0.128. The van der Waals surface area contributed by atoms with E-state index in [4.69, 9.17) is 11.6 Å². The highest BCUT2D eigenvalue weighted by molar-refractivity contribution is 7.89. The maximum Gasteiger partial charge on any atom is 0.227 e. The van der Waals surface area contributed by atoms with Gasteiger partial charge in [0, 0.05) is 26.0 Å². The topological polar surface area (TPSA) is 66.5 Å². The predicted octanol–water partition coefficient (Wildman–Crippen LogP) is 0.793. The van der Waals surface area contributed by atoms with Gasteiger partial charge < -0.3 is 5.32 Å². The molecule has 0 aromatic rings. The summed E-state index contributed by atoms with van der Waals surface area (Å²) in [5.74, 6) is 0.496. The Morgan fingerprint density at radius 2 is 2.11 bits per heavy atom. The van der Waals surface area contributed by atoms with E-state index in [1.54, 1.807) is 14.0 Å². The van der Waals surface area contributed by atoms with Crippen molar-refractivity contribution >= 4 is 27.5 Å². The highest BCUT2D eigenvalue weighted by Gasteiger charge is 2.43. The third-order valence-electron chi connectivity index (χ3n) is 3.39. The van der Waals surface area contributed by atoms with E-state index in [0.717, 1.165) is 0 Å². The van der Waals surface area contributed by atoms with E-state index in [9.17, 15) is 13.2 Å². The van der Waals surface area contributed by atoms with Crippen LogP contribution in [-0.2, 0) is 14.8 Å². The van der Waals surface area contributed by atoms with Crippen molar-refractivity contribution in [1.29, 1.82) is 0 Å². The molecule has 1 unspecified atom stereocenters. The standard InChI is InChI=1S/C11H21ClN2O3S/c1-11(10(15)13-2)5-7-14(9-11)18(16,17)8-4-3-6-12/h3-9H2,1-2H3,(H,13,15). The molecule has 106 valence electrons. The largest absolute Gasteiger partial charge is 0.359 e. The fourth-order valence-electron chi connectivity index (χ4n) is 2.15. The molecular formula is C11H21ClN2O3S. The van der Waals surface area contributed by atoms with Crippen LogP contribution in [0.4, 0.5) is 0 Å². The first kappa shape index (κ1) is 15.7. The summed E-state index contributed by atoms with van der Waals surface area (Å²) in [5.41, 5.74) is -0.603. The highest BCUT2D eigenvalue weighted by atomic mass is 35.5. The van der Waals surface area contributed by atoms with E-state index in [0.29, 0.717) is 31.7 Å². The van der Waals surface area contributed by atoms with Gasteiger partial charge in [0.25, 0.3) is 0 Å². The summed E-state index contributed by atoms with van der Waals surface area (Å²) < 4.78 is 25.5. The van der Waals surface area contributed by atoms with Crippen molar-refractivity contribution < 1.29 is 13.2 Å². The fourth-order valence-corrected chi connectivity index (χ4v) is 4.02. The van der Waals surface area contributed by atoms with Gasteiger partial charge in [-0.15, -0.1) is 11.6 Å². The van der Waals surface area contributed by atoms with Gasteiger partial charge in [0.15, 0.2) is 0 Å². The lowest BCUT2D eigenvalue weighted by atomic mass is 9.89. The number of carbonyl (C=O) groups excluding carboxylic acids is 1. The molecule has 1 heterocycles. The smallest absolute Gasteiger partial charge is 0.227 e. The number of halogens is 1. The minimum atomic E-state index is -3.25. The summed E-state index contributed by atoms with van der Waals surface area (Å²) in [4.78, 5) is 11.7. The van der Waals surface area contributed by atoms with Gasteiger partial charge in [-0.05, 0) is 26.2 Å². The van der Waals surface area contributed by atoms with Crippen LogP contribution < -0.4 is 5.32 Å². The quantitative estimate of drug-likeness (QED) is 0.582. The van der Waals surface area contributed by atoms with Gasteiger partial charge in [0.1, 0.15) is 0 Å². The van der Waals surface area contributed by atoms with Crippen molar-refractivity contribution in [1.82, 2.24) is 9.62 Å². The molecule has 0 radical (unpaired) electrons. The average molecular weight is 297 g/mol. The first-order chi connectivity index (χ1) is 8.35. The average Bonchev–Trinajstić information content (AvgIpc) is 2.73. The molecular weight excluding hydrogens is 276 g/mol. The molecule has 0 saturated carbocycles. The Morgan fingerprint density at radius 1 is 1.44 bits per heavy atom. The van der Waals surface area contributed by atoms with Crippen LogP contribution in [-0.4, -0.2) is 50.4 Å². The molecule has 7 heteroatoms. The lowest BCUT2D eigenvalue weighted by Crippen LogP contribution is -2.40. The van der Waals surface area contributed by atoms with Crippen molar-refractivity contribution in [2.45, 2.75) is 26.2 Å². The molecule has 1 amide bonds. The molecule has 1 aliphatic rings. The summed E-state index contributed by atoms with van der Waals surface area (Å²) in [6, 6.07) is 0. The maximum atomic E-state index is 12.1. The van der Waals surface area contributed by atoms with Crippen molar-refractivity contribution in [3.8, 4) is 0 Å². The normalized spacial score (nSPS) is 25.3. The Morgan fingerprint density at radius 3 is 2.67 bits per heavy atom. The minimum Gasteiger partial charge on any atom is -0.359 e. The number of nitrogens with zero attached hydrogens (tertiary/aromatic N) is 1. The van der Waals surface area contributed by atoms with Crippen molar-refractivity contribution in [3.05, 3.63) is 0 Å². The highest BCUT2D eigenvalue weighted by Crippen LogP contribution is 2.32. The van der Waals surface area contributed by atoms with Crippen LogP contribution in [0.1, 0.15) is 26.2 Å². The fraction of sp³-hybridized carbons (Fsp3) is 0.909. The number of unbranched alkanes of at least 4 members (excludes halogenated alkanes) is 1. The predicted molar refractivity (Wildman–Crippen MR) is 72.1 cm³/mol. The van der Waals surface area contributed by atoms with E-state index >= 15 is 0 Å². The van der Waals surface area contributed by atoms with Crippen LogP contribution in [0, 0.1) is 5.41 Å². The third kappa shape index (κ3) is 3.59. The molecule has 0 aromatic heterocycles. The Hall–Kier alpha value is -0.330. The number of amides is 1. The molecule has 1 atom stereocenters. The second kappa shape index (κ2) is 6.21. The second-order valence-corrected chi connectivity index (χ2v) is 7.40. The van der Waals surface area contributed by atoms with Crippen LogP contribution in [0.3, 0.4) is 0 Å². The summed E-state index contributed by atoms with van der Waals surface area (Å²) in [7, 11) is -1.68. The SMILES string of the molecule is CNC(=O)C1(C)CCN(S(=O)(=O)CCCCCl)C1. The lowest BCUT2D eigenvalue weighted by Gasteiger charge is -2.22. The summed E-state index contributed by atoms with van der Waals surface area (Å²) in [6.07, 6.45) is 1.84. The molecule has 0 aliphatic carbocycles. The van der Waals surface area contributed by atoms with E-state index in [2.05, 4.69) is 5.32 Å². The van der Waals surface area contributed by atoms with Gasteiger partial charge in [0.05, 0.1) is 11.2 Å². The van der Waals surface area contributed by atoms with Crippen LogP contribution in [0.5, 0.6) is 0 Å². The van der Waals surface area contributed by atoms with Gasteiger partial charge in [-0.1, -0.05) is 0 Å². The molecule has 0 aromatic carbocycles. The minimum absolute atomic E-state index is 0.0963. The Bertz CT molecular complexity index is 399. The molecule has 1 rings (SSSR count). The Labute approximate surface area is 114 Å². The van der Waals surface area contributed by atoms with Crippen LogP contribution in [0.2, 0.25) is 0 Å². The van der Waals surface area contributed by atoms with Gasteiger partial charge in [-0.25, -0.2) is 12.7 Å². The zero-order valence-electron chi connectivity index (χ0n) is 10.9. The number of hydrogen-bond acceptors (Lipinski definition) is 3. The van der Waals surface area contributed by atoms with Gasteiger partial charge in [0.2, 0.25) is 15.9 Å². The number of nitrogens with one attached hydrogen (secondary N) is 1. The number of carbonyl (C=O) groups is 1. The van der Waals surface area contributed by atoms with E-state index in [1.807, 2.05) is 0 Å². The third-order valence-corrected chi connectivity index (χ3v) is 5.56. The zero-order chi connectivity index (χ0) is 13.8. The molecule has 18 heavy (non-hydrogen) atoms. The summed E-state index contributed by atoms with van der Waals surface area (Å²) in [5, 5.41) is 2.59. The van der Waals surface area contributed by atoms with E-state index in [-0.39, 0.29) is 18.2 Å². The number of alkyl halides is 1. The number of sulfonamides is 1. The summed E-state index contributed by atoms with van der Waals surface area (Å²) in [6.45, 7) is 2.50. The van der Waals surface area contributed by atoms with Gasteiger partial charge in [-0.2, -0.15) is 0 Å². The molecule has 1 saturated heterocycles. The Balaban J connectivity index is 2.63. The van der Waals surface area contributed by atoms with Crippen LogP contribution in [0.15, 0.2) is 0 Å². The first-order valence-electron chi connectivity index (χ1n) is 6.12. The number of rotatable bonds is 6. The van der Waals surface area contributed by atoms with Gasteiger partial charge in [-0.3, -0.25) is 4.79 Å². The molecule has 1 aliphatic heterocycles. The van der Waals surface area contributed by atoms with Crippen LogP contribution in [0.25, 0.3) is 0 Å². The van der Waals surface area contributed by atoms with E-state index < -0.39 is 15.4 Å². The van der Waals surface area contributed by atoms with Crippen molar-refractivity contribution in [2.75, 3.05) is 31.8 Å². The summed E-state index contributed by atoms with van der Waals surface area (Å²) >= 11 is 5.53. The molecule has 1 fully saturated rings. The molecule has 0 spiro atoms. The zero-order valence-corrected chi connectivity index (χ0v) is 12.5. The molecule has 1 N–H and O–H groups in total. The van der Waals surface area contributed by atoms with Crippen LogP contribution >= 0.6 is 11.6 Å². The second-order valence-electron chi connectivity index (χ2n) is 4.94.